The number of epoxide rings is 1. The quantitative estimate of drug-likeness (QED) is 0.372. The largest absolute Gasteiger partial charge is 0.393 e. The van der Waals surface area contributed by atoms with Gasteiger partial charge in [-0.25, -0.2) is 0 Å². The summed E-state index contributed by atoms with van der Waals surface area (Å²) in [5, 5.41) is 31.7. The first-order chi connectivity index (χ1) is 15.6. The van der Waals surface area contributed by atoms with Crippen molar-refractivity contribution in [1.82, 2.24) is 0 Å². The Kier molecular flexibility index (Phi) is 5.61. The molecule has 3 saturated carbocycles. The Morgan fingerprint density at radius 1 is 1.00 bits per heavy atom. The minimum Gasteiger partial charge on any atom is -0.393 e. The highest BCUT2D eigenvalue weighted by atomic mass is 16.6. The van der Waals surface area contributed by atoms with Crippen molar-refractivity contribution in [2.24, 2.45) is 45.3 Å². The molecule has 5 aliphatic rings. The lowest BCUT2D eigenvalue weighted by molar-refractivity contribution is -0.131. The van der Waals surface area contributed by atoms with Gasteiger partial charge in [0, 0.05) is 0 Å². The molecule has 11 atom stereocenters. The van der Waals surface area contributed by atoms with Crippen molar-refractivity contribution in [3.05, 3.63) is 11.6 Å². The molecule has 34 heavy (non-hydrogen) atoms. The van der Waals surface area contributed by atoms with E-state index in [1.54, 1.807) is 19.4 Å². The Bertz CT molecular complexity index is 856. The van der Waals surface area contributed by atoms with Gasteiger partial charge in [-0.1, -0.05) is 53.2 Å². The maximum Gasteiger partial charge on any atom is 0.113 e. The first-order valence-corrected chi connectivity index (χ1v) is 14.0. The molecule has 0 aromatic carbocycles. The second-order valence-corrected chi connectivity index (χ2v) is 14.8. The minimum atomic E-state index is -1.13. The first-order valence-electron chi connectivity index (χ1n) is 14.0. The molecule has 1 heterocycles. The van der Waals surface area contributed by atoms with Gasteiger partial charge in [0.1, 0.15) is 12.2 Å². The summed E-state index contributed by atoms with van der Waals surface area (Å²) in [5.74, 6) is 2.12. The monoisotopic (exact) mass is 474 g/mol. The molecule has 4 heteroatoms. The lowest BCUT2D eigenvalue weighted by Gasteiger charge is -2.64. The van der Waals surface area contributed by atoms with Crippen molar-refractivity contribution in [3.63, 3.8) is 0 Å². The molecule has 0 aromatic heterocycles. The number of rotatable bonds is 4. The predicted molar refractivity (Wildman–Crippen MR) is 135 cm³/mol. The fourth-order valence-corrected chi connectivity index (χ4v) is 10.0. The maximum absolute atomic E-state index is 10.8. The number of aliphatic hydroxyl groups excluding tert-OH is 2. The number of hydrogen-bond acceptors (Lipinski definition) is 4. The van der Waals surface area contributed by atoms with Crippen LogP contribution in [0.5, 0.6) is 0 Å². The van der Waals surface area contributed by atoms with Crippen molar-refractivity contribution in [2.75, 3.05) is 0 Å². The molecule has 0 spiro atoms. The normalized spacial score (nSPS) is 51.6. The van der Waals surface area contributed by atoms with Gasteiger partial charge >= 0.3 is 0 Å². The summed E-state index contributed by atoms with van der Waals surface area (Å²) in [7, 11) is 0. The van der Waals surface area contributed by atoms with Crippen LogP contribution in [0.4, 0.5) is 0 Å². The van der Waals surface area contributed by atoms with E-state index in [2.05, 4.69) is 47.6 Å². The Morgan fingerprint density at radius 2 is 1.68 bits per heavy atom. The number of allylic oxidation sites excluding steroid dienone is 2. The lowest BCUT2D eigenvalue weighted by atomic mass is 9.41. The third-order valence-electron chi connectivity index (χ3n) is 12.6. The molecule has 1 aliphatic heterocycles. The van der Waals surface area contributed by atoms with Gasteiger partial charge < -0.3 is 20.1 Å². The Balaban J connectivity index is 1.41. The van der Waals surface area contributed by atoms with Crippen LogP contribution in [0, 0.1) is 45.3 Å². The fourth-order valence-electron chi connectivity index (χ4n) is 10.0. The highest BCUT2D eigenvalue weighted by molar-refractivity contribution is 5.33. The van der Waals surface area contributed by atoms with Gasteiger partial charge in [-0.2, -0.15) is 0 Å². The summed E-state index contributed by atoms with van der Waals surface area (Å²) < 4.78 is 6.02. The number of aliphatic hydroxyl groups is 3. The summed E-state index contributed by atoms with van der Waals surface area (Å²) in [6, 6.07) is 0. The second kappa shape index (κ2) is 7.55. The third-order valence-corrected chi connectivity index (χ3v) is 12.6. The molecule has 1 saturated heterocycles. The summed E-state index contributed by atoms with van der Waals surface area (Å²) >= 11 is 0. The summed E-state index contributed by atoms with van der Waals surface area (Å²) in [6.07, 6.45) is 9.53. The molecule has 0 aromatic rings. The van der Waals surface area contributed by atoms with Gasteiger partial charge in [0.25, 0.3) is 0 Å². The zero-order valence-electron chi connectivity index (χ0n) is 22.9. The Hall–Kier alpha value is -0.420. The molecule has 194 valence electrons. The smallest absolute Gasteiger partial charge is 0.113 e. The van der Waals surface area contributed by atoms with Gasteiger partial charge in [0.05, 0.1) is 17.8 Å². The van der Waals surface area contributed by atoms with Crippen LogP contribution < -0.4 is 0 Å². The average molecular weight is 475 g/mol. The topological polar surface area (TPSA) is 73.2 Å². The average Bonchev–Trinajstić information content (AvgIpc) is 3.48. The molecule has 0 amide bonds. The van der Waals surface area contributed by atoms with Gasteiger partial charge in [0.2, 0.25) is 0 Å². The third kappa shape index (κ3) is 3.23. The van der Waals surface area contributed by atoms with Gasteiger partial charge in [-0.15, -0.1) is 0 Å². The van der Waals surface area contributed by atoms with Gasteiger partial charge in [-0.05, 0) is 104 Å². The van der Waals surface area contributed by atoms with Crippen LogP contribution in [0.15, 0.2) is 11.6 Å². The predicted octanol–water partition coefficient (Wildman–Crippen LogP) is 5.49. The van der Waals surface area contributed by atoms with E-state index < -0.39 is 11.7 Å². The van der Waals surface area contributed by atoms with Crippen LogP contribution in [0.25, 0.3) is 0 Å². The van der Waals surface area contributed by atoms with E-state index in [0.717, 1.165) is 19.3 Å². The molecule has 3 N–H and O–H groups in total. The Labute approximate surface area is 207 Å². The van der Waals surface area contributed by atoms with E-state index in [9.17, 15) is 15.3 Å². The van der Waals surface area contributed by atoms with E-state index >= 15 is 0 Å². The molecule has 4 aliphatic carbocycles. The van der Waals surface area contributed by atoms with Crippen LogP contribution in [0.3, 0.4) is 0 Å². The number of fused-ring (bicyclic) bond motifs is 5. The Morgan fingerprint density at radius 3 is 2.32 bits per heavy atom. The highest BCUT2D eigenvalue weighted by Gasteiger charge is 2.67. The summed E-state index contributed by atoms with van der Waals surface area (Å²) in [4.78, 5) is 0. The molecular formula is C30H50O4. The zero-order chi connectivity index (χ0) is 25.1. The van der Waals surface area contributed by atoms with E-state index in [1.165, 1.54) is 25.7 Å². The molecule has 3 unspecified atom stereocenters. The van der Waals surface area contributed by atoms with Crippen molar-refractivity contribution in [2.45, 2.75) is 130 Å². The minimum absolute atomic E-state index is 0.0247. The van der Waals surface area contributed by atoms with E-state index in [-0.39, 0.29) is 40.0 Å². The standard InChI is InChI=1S/C30H50O4/c1-17(23-24(34-23)25(32)27(4,5)33)18-11-15-30(8)20-9-10-21-26(2,3)22(31)13-14-28(21,6)19(20)12-16-29(18,30)7/h9,17-19,21-25,31-33H,10-16H2,1-8H3/t17-,18+,19+,21+,22+,23?,24?,25?,28-,29+,30-/m1/s1. The number of ether oxygens (including phenoxy) is 1. The van der Waals surface area contributed by atoms with Crippen LogP contribution in [-0.4, -0.2) is 45.3 Å². The molecule has 0 radical (unpaired) electrons. The fraction of sp³-hybridized carbons (Fsp3) is 0.933. The molecule has 5 rings (SSSR count). The SMILES string of the molecule is C[C@@H](C1OC1C(O)C(C)(C)O)[C@@H]1CC[C@]2(C)C3=CC[C@H]4C(C)(C)[C@@H](O)CC[C@]4(C)[C@H]3CC[C@@]12C. The highest BCUT2D eigenvalue weighted by Crippen LogP contribution is 2.73. The van der Waals surface area contributed by atoms with Crippen molar-refractivity contribution in [3.8, 4) is 0 Å². The number of hydrogen-bond donors (Lipinski definition) is 3. The van der Waals surface area contributed by atoms with Crippen LogP contribution in [0.1, 0.15) is 100 Å². The molecular weight excluding hydrogens is 424 g/mol. The molecule has 0 bridgehead atoms. The van der Waals surface area contributed by atoms with Crippen LogP contribution >= 0.6 is 0 Å². The zero-order valence-corrected chi connectivity index (χ0v) is 22.9. The van der Waals surface area contributed by atoms with Gasteiger partial charge in [-0.3, -0.25) is 0 Å². The van der Waals surface area contributed by atoms with E-state index in [0.29, 0.717) is 23.7 Å². The van der Waals surface area contributed by atoms with Crippen LogP contribution in [-0.2, 0) is 4.74 Å². The molecule has 4 fully saturated rings. The molecule has 4 nitrogen and oxygen atoms in total. The second-order valence-electron chi connectivity index (χ2n) is 14.8. The maximum atomic E-state index is 10.8. The van der Waals surface area contributed by atoms with Gasteiger partial charge in [0.15, 0.2) is 0 Å². The van der Waals surface area contributed by atoms with E-state index in [1.807, 2.05) is 0 Å². The van der Waals surface area contributed by atoms with Crippen molar-refractivity contribution >= 4 is 0 Å². The van der Waals surface area contributed by atoms with Crippen molar-refractivity contribution < 1.29 is 20.1 Å². The summed E-state index contributed by atoms with van der Waals surface area (Å²) in [6.45, 7) is 17.9. The first kappa shape index (κ1) is 25.2. The summed E-state index contributed by atoms with van der Waals surface area (Å²) in [5.41, 5.74) is 1.29. The van der Waals surface area contributed by atoms with Crippen LogP contribution in [0.2, 0.25) is 0 Å². The van der Waals surface area contributed by atoms with Crippen molar-refractivity contribution in [1.29, 1.82) is 0 Å². The van der Waals surface area contributed by atoms with E-state index in [4.69, 9.17) is 4.74 Å². The lowest BCUT2D eigenvalue weighted by Crippen LogP contribution is -2.58.